The maximum atomic E-state index is 12.3. The van der Waals surface area contributed by atoms with Crippen LogP contribution in [0.3, 0.4) is 0 Å². The van der Waals surface area contributed by atoms with Gasteiger partial charge in [0.2, 0.25) is 0 Å². The molecule has 1 aromatic heterocycles. The highest BCUT2D eigenvalue weighted by atomic mass is 16.5. The number of hydrogen-bond donors (Lipinski definition) is 1. The second kappa shape index (κ2) is 7.61. The lowest BCUT2D eigenvalue weighted by Crippen LogP contribution is -2.32. The second-order valence-corrected chi connectivity index (χ2v) is 4.82. The number of nitrogens with zero attached hydrogens (tertiary/aromatic N) is 2. The molecule has 0 aliphatic heterocycles. The van der Waals surface area contributed by atoms with E-state index < -0.39 is 0 Å². The largest absolute Gasteiger partial charge is 0.494 e. The van der Waals surface area contributed by atoms with E-state index in [-0.39, 0.29) is 11.9 Å². The lowest BCUT2D eigenvalue weighted by molar-refractivity contribution is 0.0887. The van der Waals surface area contributed by atoms with Crippen molar-refractivity contribution in [2.75, 3.05) is 20.3 Å². The summed E-state index contributed by atoms with van der Waals surface area (Å²) in [7, 11) is 3.34. The summed E-state index contributed by atoms with van der Waals surface area (Å²) in [5.41, 5.74) is 1.47. The monoisotopic (exact) mass is 303 g/mol. The van der Waals surface area contributed by atoms with Crippen LogP contribution in [0.2, 0.25) is 0 Å². The van der Waals surface area contributed by atoms with Crippen LogP contribution in [0.15, 0.2) is 36.5 Å². The molecule has 118 valence electrons. The van der Waals surface area contributed by atoms with Crippen LogP contribution in [0.25, 0.3) is 0 Å². The number of hydrogen-bond acceptors (Lipinski definition) is 4. The maximum absolute atomic E-state index is 12.3. The third-order valence-corrected chi connectivity index (χ3v) is 3.29. The lowest BCUT2D eigenvalue weighted by atomic mass is 10.1. The third-order valence-electron chi connectivity index (χ3n) is 3.29. The highest BCUT2D eigenvalue weighted by molar-refractivity contribution is 5.92. The smallest absolute Gasteiger partial charge is 0.270 e. The third kappa shape index (κ3) is 3.85. The minimum absolute atomic E-state index is 0.184. The number of nitrogens with one attached hydrogen (secondary N) is 1. The SMILES string of the molecule is CCOc1ccc([C@@H](COC)NC(=O)c2ccnn2C)cc1. The van der Waals surface area contributed by atoms with Crippen molar-refractivity contribution in [3.63, 3.8) is 0 Å². The van der Waals surface area contributed by atoms with E-state index in [1.165, 1.54) is 4.68 Å². The fraction of sp³-hybridized carbons (Fsp3) is 0.375. The number of ether oxygens (including phenoxy) is 2. The molecule has 1 atom stereocenters. The molecule has 1 aromatic carbocycles. The predicted octanol–water partition coefficient (Wildman–Crippen LogP) is 1.94. The summed E-state index contributed by atoms with van der Waals surface area (Å²) >= 11 is 0. The zero-order valence-electron chi connectivity index (χ0n) is 13.1. The van der Waals surface area contributed by atoms with Crippen LogP contribution in [0.4, 0.5) is 0 Å². The Morgan fingerprint density at radius 2 is 2.05 bits per heavy atom. The summed E-state index contributed by atoms with van der Waals surface area (Å²) in [4.78, 5) is 12.3. The Balaban J connectivity index is 2.12. The van der Waals surface area contributed by atoms with Crippen molar-refractivity contribution in [2.45, 2.75) is 13.0 Å². The Morgan fingerprint density at radius 1 is 1.32 bits per heavy atom. The number of benzene rings is 1. The van der Waals surface area contributed by atoms with E-state index in [1.807, 2.05) is 31.2 Å². The Morgan fingerprint density at radius 3 is 2.59 bits per heavy atom. The van der Waals surface area contributed by atoms with Gasteiger partial charge in [0.05, 0.1) is 19.3 Å². The first-order valence-electron chi connectivity index (χ1n) is 7.16. The van der Waals surface area contributed by atoms with Gasteiger partial charge >= 0.3 is 0 Å². The van der Waals surface area contributed by atoms with Crippen molar-refractivity contribution >= 4 is 5.91 Å². The maximum Gasteiger partial charge on any atom is 0.270 e. The van der Waals surface area contributed by atoms with Crippen molar-refractivity contribution in [3.05, 3.63) is 47.8 Å². The highest BCUT2D eigenvalue weighted by Crippen LogP contribution is 2.19. The van der Waals surface area contributed by atoms with Crippen molar-refractivity contribution in [2.24, 2.45) is 7.05 Å². The van der Waals surface area contributed by atoms with Crippen molar-refractivity contribution in [1.82, 2.24) is 15.1 Å². The molecule has 0 saturated heterocycles. The van der Waals surface area contributed by atoms with Gasteiger partial charge in [-0.3, -0.25) is 9.48 Å². The van der Waals surface area contributed by atoms with Gasteiger partial charge in [0.25, 0.3) is 5.91 Å². The minimum atomic E-state index is -0.233. The van der Waals surface area contributed by atoms with Crippen LogP contribution in [-0.4, -0.2) is 36.0 Å². The van der Waals surface area contributed by atoms with Crippen LogP contribution < -0.4 is 10.1 Å². The first-order chi connectivity index (χ1) is 10.7. The molecule has 0 aliphatic carbocycles. The van der Waals surface area contributed by atoms with Gasteiger partial charge in [-0.15, -0.1) is 0 Å². The molecule has 1 N–H and O–H groups in total. The first kappa shape index (κ1) is 16.0. The number of amides is 1. The number of aromatic nitrogens is 2. The summed E-state index contributed by atoms with van der Waals surface area (Å²) in [6.07, 6.45) is 1.59. The molecule has 0 radical (unpaired) electrons. The van der Waals surface area contributed by atoms with Gasteiger partial charge < -0.3 is 14.8 Å². The Bertz CT molecular complexity index is 607. The summed E-state index contributed by atoms with van der Waals surface area (Å²) < 4.78 is 12.2. The van der Waals surface area contributed by atoms with Crippen LogP contribution >= 0.6 is 0 Å². The summed E-state index contributed by atoms with van der Waals surface area (Å²) in [5, 5.41) is 6.97. The lowest BCUT2D eigenvalue weighted by Gasteiger charge is -2.19. The number of methoxy groups -OCH3 is 1. The minimum Gasteiger partial charge on any atom is -0.494 e. The second-order valence-electron chi connectivity index (χ2n) is 4.82. The quantitative estimate of drug-likeness (QED) is 0.849. The molecule has 0 fully saturated rings. The highest BCUT2D eigenvalue weighted by Gasteiger charge is 2.17. The fourth-order valence-electron chi connectivity index (χ4n) is 2.18. The van der Waals surface area contributed by atoms with E-state index in [0.717, 1.165) is 11.3 Å². The predicted molar refractivity (Wildman–Crippen MR) is 82.9 cm³/mol. The molecule has 0 aliphatic rings. The molecule has 0 spiro atoms. The van der Waals surface area contributed by atoms with Gasteiger partial charge in [0, 0.05) is 20.4 Å². The summed E-state index contributed by atoms with van der Waals surface area (Å²) in [6.45, 7) is 2.95. The van der Waals surface area contributed by atoms with E-state index >= 15 is 0 Å². The summed E-state index contributed by atoms with van der Waals surface area (Å²) in [6, 6.07) is 9.08. The topological polar surface area (TPSA) is 65.4 Å². The Hall–Kier alpha value is -2.34. The average Bonchev–Trinajstić information content (AvgIpc) is 2.94. The molecule has 1 amide bonds. The normalized spacial score (nSPS) is 12.0. The van der Waals surface area contributed by atoms with Gasteiger partial charge in [-0.1, -0.05) is 12.1 Å². The van der Waals surface area contributed by atoms with Crippen LogP contribution in [0.1, 0.15) is 29.0 Å². The van der Waals surface area contributed by atoms with Crippen LogP contribution in [0, 0.1) is 0 Å². The van der Waals surface area contributed by atoms with Gasteiger partial charge in [0.15, 0.2) is 0 Å². The Kier molecular flexibility index (Phi) is 5.55. The van der Waals surface area contributed by atoms with Crippen LogP contribution in [-0.2, 0) is 11.8 Å². The zero-order chi connectivity index (χ0) is 15.9. The molecule has 0 bridgehead atoms. The molecule has 2 rings (SSSR count). The molecule has 0 saturated carbocycles. The van der Waals surface area contributed by atoms with E-state index in [0.29, 0.717) is 18.9 Å². The molecular formula is C16H21N3O3. The van der Waals surface area contributed by atoms with Crippen molar-refractivity contribution in [1.29, 1.82) is 0 Å². The van der Waals surface area contributed by atoms with E-state index in [1.54, 1.807) is 26.4 Å². The Labute approximate surface area is 130 Å². The molecule has 1 heterocycles. The molecule has 6 nitrogen and oxygen atoms in total. The fourth-order valence-corrected chi connectivity index (χ4v) is 2.18. The molecule has 2 aromatic rings. The van der Waals surface area contributed by atoms with Crippen LogP contribution in [0.5, 0.6) is 5.75 Å². The first-order valence-corrected chi connectivity index (χ1v) is 7.16. The van der Waals surface area contributed by atoms with Gasteiger partial charge in [-0.2, -0.15) is 5.10 Å². The summed E-state index contributed by atoms with van der Waals surface area (Å²) in [5.74, 6) is 0.622. The average molecular weight is 303 g/mol. The zero-order valence-corrected chi connectivity index (χ0v) is 13.1. The van der Waals surface area contributed by atoms with Gasteiger partial charge in [-0.05, 0) is 30.7 Å². The van der Waals surface area contributed by atoms with Crippen molar-refractivity contribution in [3.8, 4) is 5.75 Å². The van der Waals surface area contributed by atoms with E-state index in [4.69, 9.17) is 9.47 Å². The number of rotatable bonds is 7. The van der Waals surface area contributed by atoms with Gasteiger partial charge in [0.1, 0.15) is 11.4 Å². The van der Waals surface area contributed by atoms with E-state index in [9.17, 15) is 4.79 Å². The van der Waals surface area contributed by atoms with Gasteiger partial charge in [-0.25, -0.2) is 0 Å². The molecular weight excluding hydrogens is 282 g/mol. The standard InChI is InChI=1S/C16H21N3O3/c1-4-22-13-7-5-12(6-8-13)14(11-21-3)18-16(20)15-9-10-17-19(15)2/h5-10,14H,4,11H2,1-3H3,(H,18,20)/t14-/m1/s1. The molecule has 0 unspecified atom stereocenters. The number of carbonyl (C=O) groups excluding carboxylic acids is 1. The number of aryl methyl sites for hydroxylation is 1. The molecule has 6 heteroatoms. The number of carbonyl (C=O) groups is 1. The molecule has 22 heavy (non-hydrogen) atoms. The van der Waals surface area contributed by atoms with E-state index in [2.05, 4.69) is 10.4 Å². The van der Waals surface area contributed by atoms with Crippen molar-refractivity contribution < 1.29 is 14.3 Å².